The molecule has 3 nitrogen and oxygen atoms in total. The van der Waals surface area contributed by atoms with E-state index in [1.165, 1.54) is 49.2 Å². The second-order valence-electron chi connectivity index (χ2n) is 6.59. The van der Waals surface area contributed by atoms with Crippen molar-refractivity contribution < 1.29 is 0 Å². The maximum Gasteiger partial charge on any atom is 0.128 e. The lowest BCUT2D eigenvalue weighted by Gasteiger charge is -2.22. The van der Waals surface area contributed by atoms with Crippen LogP contribution in [0.1, 0.15) is 50.3 Å². The summed E-state index contributed by atoms with van der Waals surface area (Å²) in [7, 11) is 0. The number of rotatable bonds is 4. The number of aromatic nitrogens is 1. The summed E-state index contributed by atoms with van der Waals surface area (Å²) in [6.07, 6.45) is 6.64. The lowest BCUT2D eigenvalue weighted by atomic mass is 10.0. The molecule has 2 aliphatic rings. The molecule has 1 atom stereocenters. The second kappa shape index (κ2) is 6.13. The van der Waals surface area contributed by atoms with Crippen molar-refractivity contribution in [3.05, 3.63) is 23.4 Å². The van der Waals surface area contributed by atoms with E-state index in [1.54, 1.807) is 0 Å². The topological polar surface area (TPSA) is 28.2 Å². The van der Waals surface area contributed by atoms with E-state index >= 15 is 0 Å². The Kier molecular flexibility index (Phi) is 4.25. The predicted molar refractivity (Wildman–Crippen MR) is 84.1 cm³/mol. The van der Waals surface area contributed by atoms with Crippen LogP contribution in [0.3, 0.4) is 0 Å². The Morgan fingerprint density at radius 3 is 2.80 bits per heavy atom. The molecule has 1 saturated carbocycles. The van der Waals surface area contributed by atoms with Gasteiger partial charge in [-0.2, -0.15) is 0 Å². The molecule has 1 unspecified atom stereocenters. The normalized spacial score (nSPS) is 23.7. The lowest BCUT2D eigenvalue weighted by molar-refractivity contribution is 0.521. The standard InChI is InChI=1S/C17H27N3/c1-13-4-3-10-20(11-9-13)17-8-5-15(14(2)19-17)12-18-16-6-7-16/h5,8,13,16,18H,3-4,6-7,9-12H2,1-2H3. The Hall–Kier alpha value is -1.09. The van der Waals surface area contributed by atoms with Gasteiger partial charge in [-0.3, -0.25) is 0 Å². The van der Waals surface area contributed by atoms with Gasteiger partial charge in [-0.05, 0) is 56.6 Å². The van der Waals surface area contributed by atoms with Gasteiger partial charge in [0.05, 0.1) is 0 Å². The molecule has 0 amide bonds. The largest absolute Gasteiger partial charge is 0.357 e. The van der Waals surface area contributed by atoms with Crippen LogP contribution >= 0.6 is 0 Å². The van der Waals surface area contributed by atoms with Crippen LogP contribution in [0.25, 0.3) is 0 Å². The highest BCUT2D eigenvalue weighted by atomic mass is 15.2. The summed E-state index contributed by atoms with van der Waals surface area (Å²) in [6, 6.07) is 5.25. The van der Waals surface area contributed by atoms with Crippen LogP contribution in [0.4, 0.5) is 5.82 Å². The molecule has 0 bridgehead atoms. The lowest BCUT2D eigenvalue weighted by Crippen LogP contribution is -2.25. The number of anilines is 1. The van der Waals surface area contributed by atoms with Crippen molar-refractivity contribution in [2.75, 3.05) is 18.0 Å². The first-order valence-electron chi connectivity index (χ1n) is 8.17. The third-order valence-corrected chi connectivity index (χ3v) is 4.68. The van der Waals surface area contributed by atoms with E-state index in [0.29, 0.717) is 0 Å². The molecular weight excluding hydrogens is 246 g/mol. The Morgan fingerprint density at radius 1 is 1.20 bits per heavy atom. The van der Waals surface area contributed by atoms with Crippen LogP contribution in [-0.4, -0.2) is 24.1 Å². The van der Waals surface area contributed by atoms with Gasteiger partial charge >= 0.3 is 0 Å². The van der Waals surface area contributed by atoms with Crippen LogP contribution in [0.15, 0.2) is 12.1 Å². The molecule has 1 aromatic rings. The summed E-state index contributed by atoms with van der Waals surface area (Å²) in [5, 5.41) is 3.57. The average Bonchev–Trinajstić information content (AvgIpc) is 3.25. The third kappa shape index (κ3) is 3.51. The maximum absolute atomic E-state index is 4.85. The molecule has 1 N–H and O–H groups in total. The Labute approximate surface area is 122 Å². The van der Waals surface area contributed by atoms with Gasteiger partial charge in [-0.1, -0.05) is 13.0 Å². The van der Waals surface area contributed by atoms with Gasteiger partial charge in [-0.15, -0.1) is 0 Å². The van der Waals surface area contributed by atoms with Crippen molar-refractivity contribution in [3.63, 3.8) is 0 Å². The van der Waals surface area contributed by atoms with Crippen molar-refractivity contribution in [2.45, 2.75) is 58.5 Å². The van der Waals surface area contributed by atoms with E-state index in [4.69, 9.17) is 4.98 Å². The van der Waals surface area contributed by atoms with Crippen molar-refractivity contribution in [1.29, 1.82) is 0 Å². The summed E-state index contributed by atoms with van der Waals surface area (Å²) in [5.74, 6) is 2.04. The number of hydrogen-bond acceptors (Lipinski definition) is 3. The van der Waals surface area contributed by atoms with E-state index < -0.39 is 0 Å². The highest BCUT2D eigenvalue weighted by Crippen LogP contribution is 2.23. The minimum Gasteiger partial charge on any atom is -0.357 e. The van der Waals surface area contributed by atoms with E-state index in [-0.39, 0.29) is 0 Å². The molecule has 20 heavy (non-hydrogen) atoms. The van der Waals surface area contributed by atoms with E-state index in [9.17, 15) is 0 Å². The first-order chi connectivity index (χ1) is 9.72. The first-order valence-corrected chi connectivity index (χ1v) is 8.17. The number of pyridine rings is 1. The van der Waals surface area contributed by atoms with Gasteiger partial charge in [0.2, 0.25) is 0 Å². The van der Waals surface area contributed by atoms with Crippen molar-refractivity contribution in [3.8, 4) is 0 Å². The highest BCUT2D eigenvalue weighted by Gasteiger charge is 2.20. The number of nitrogens with zero attached hydrogens (tertiary/aromatic N) is 2. The summed E-state index contributed by atoms with van der Waals surface area (Å²) >= 11 is 0. The van der Waals surface area contributed by atoms with Crippen molar-refractivity contribution >= 4 is 5.82 Å². The average molecular weight is 273 g/mol. The molecule has 1 aromatic heterocycles. The molecule has 1 saturated heterocycles. The minimum atomic E-state index is 0.765. The summed E-state index contributed by atoms with van der Waals surface area (Å²) in [4.78, 5) is 7.31. The second-order valence-corrected chi connectivity index (χ2v) is 6.59. The Morgan fingerprint density at radius 2 is 2.05 bits per heavy atom. The fraction of sp³-hybridized carbons (Fsp3) is 0.706. The molecule has 2 heterocycles. The highest BCUT2D eigenvalue weighted by molar-refractivity contribution is 5.41. The number of aryl methyl sites for hydroxylation is 1. The van der Waals surface area contributed by atoms with Crippen molar-refractivity contribution in [1.82, 2.24) is 10.3 Å². The van der Waals surface area contributed by atoms with Crippen LogP contribution < -0.4 is 10.2 Å². The molecule has 0 aromatic carbocycles. The fourth-order valence-electron chi connectivity index (χ4n) is 2.97. The smallest absolute Gasteiger partial charge is 0.128 e. The van der Waals surface area contributed by atoms with Crippen LogP contribution in [0, 0.1) is 12.8 Å². The van der Waals surface area contributed by atoms with Gasteiger partial charge in [0.1, 0.15) is 5.82 Å². The molecule has 3 heteroatoms. The van der Waals surface area contributed by atoms with E-state index in [1.807, 2.05) is 0 Å². The van der Waals surface area contributed by atoms with E-state index in [0.717, 1.165) is 31.6 Å². The first kappa shape index (κ1) is 13.9. The van der Waals surface area contributed by atoms with Gasteiger partial charge in [0, 0.05) is 31.4 Å². The molecule has 0 radical (unpaired) electrons. The monoisotopic (exact) mass is 273 g/mol. The molecule has 1 aliphatic carbocycles. The van der Waals surface area contributed by atoms with Gasteiger partial charge in [0.25, 0.3) is 0 Å². The van der Waals surface area contributed by atoms with Gasteiger partial charge in [-0.25, -0.2) is 4.98 Å². The molecule has 1 aliphatic heterocycles. The molecule has 110 valence electrons. The third-order valence-electron chi connectivity index (χ3n) is 4.68. The molecule has 3 rings (SSSR count). The fourth-order valence-corrected chi connectivity index (χ4v) is 2.97. The van der Waals surface area contributed by atoms with Gasteiger partial charge in [0.15, 0.2) is 0 Å². The summed E-state index contributed by atoms with van der Waals surface area (Å²) < 4.78 is 0. The number of hydrogen-bond donors (Lipinski definition) is 1. The zero-order valence-corrected chi connectivity index (χ0v) is 12.9. The zero-order chi connectivity index (χ0) is 13.9. The summed E-state index contributed by atoms with van der Waals surface area (Å²) in [5.41, 5.74) is 2.54. The van der Waals surface area contributed by atoms with Gasteiger partial charge < -0.3 is 10.2 Å². The molecule has 0 spiro atoms. The maximum atomic E-state index is 4.85. The Balaban J connectivity index is 1.65. The van der Waals surface area contributed by atoms with Crippen LogP contribution in [0.2, 0.25) is 0 Å². The van der Waals surface area contributed by atoms with E-state index in [2.05, 4.69) is 36.2 Å². The minimum absolute atomic E-state index is 0.765. The number of nitrogens with one attached hydrogen (secondary N) is 1. The van der Waals surface area contributed by atoms with Crippen LogP contribution in [0.5, 0.6) is 0 Å². The van der Waals surface area contributed by atoms with Crippen molar-refractivity contribution in [2.24, 2.45) is 5.92 Å². The molecular formula is C17H27N3. The zero-order valence-electron chi connectivity index (χ0n) is 12.9. The summed E-state index contributed by atoms with van der Waals surface area (Å²) in [6.45, 7) is 7.81. The quantitative estimate of drug-likeness (QED) is 0.912. The Bertz CT molecular complexity index is 454. The molecule has 2 fully saturated rings. The predicted octanol–water partition coefficient (Wildman–Crippen LogP) is 3.27. The van der Waals surface area contributed by atoms with Crippen LogP contribution in [-0.2, 0) is 6.54 Å². The SMILES string of the molecule is Cc1nc(N2CCCC(C)CC2)ccc1CNC1CC1.